The molecule has 1 amide bonds. The van der Waals surface area contributed by atoms with Crippen LogP contribution in [-0.4, -0.2) is 30.0 Å². The molecule has 1 fully saturated rings. The summed E-state index contributed by atoms with van der Waals surface area (Å²) in [5.41, 5.74) is 5.40. The SMILES string of the molecule is CCC(CC)(CN)C(=O)NCC1(SC)CC1. The van der Waals surface area contributed by atoms with E-state index < -0.39 is 0 Å². The molecule has 0 unspecified atom stereocenters. The molecule has 0 aromatic heterocycles. The molecule has 1 saturated carbocycles. The van der Waals surface area contributed by atoms with E-state index in [2.05, 4.69) is 11.6 Å². The van der Waals surface area contributed by atoms with Gasteiger partial charge in [-0.2, -0.15) is 11.8 Å². The second-order valence-corrected chi connectivity index (χ2v) is 6.04. The molecule has 4 heteroatoms. The fourth-order valence-electron chi connectivity index (χ4n) is 1.97. The van der Waals surface area contributed by atoms with Gasteiger partial charge in [-0.05, 0) is 31.9 Å². The normalized spacial score (nSPS) is 18.2. The van der Waals surface area contributed by atoms with E-state index >= 15 is 0 Å². The van der Waals surface area contributed by atoms with Crippen LogP contribution in [0, 0.1) is 5.41 Å². The Morgan fingerprint density at radius 1 is 1.44 bits per heavy atom. The van der Waals surface area contributed by atoms with Gasteiger partial charge in [-0.1, -0.05) is 13.8 Å². The van der Waals surface area contributed by atoms with E-state index in [1.54, 1.807) is 0 Å². The molecule has 0 saturated heterocycles. The zero-order chi connectivity index (χ0) is 12.2. The molecule has 0 aromatic carbocycles. The topological polar surface area (TPSA) is 55.1 Å². The van der Waals surface area contributed by atoms with Gasteiger partial charge in [0.25, 0.3) is 0 Å². The Bertz CT molecular complexity index is 239. The van der Waals surface area contributed by atoms with Crippen LogP contribution in [0.1, 0.15) is 39.5 Å². The summed E-state index contributed by atoms with van der Waals surface area (Å²) < 4.78 is 0.331. The number of hydrogen-bond acceptors (Lipinski definition) is 3. The van der Waals surface area contributed by atoms with E-state index in [0.29, 0.717) is 11.3 Å². The molecule has 3 N–H and O–H groups in total. The average Bonchev–Trinajstić information content (AvgIpc) is 3.10. The highest BCUT2D eigenvalue weighted by atomic mass is 32.2. The van der Waals surface area contributed by atoms with E-state index in [1.807, 2.05) is 25.6 Å². The number of amides is 1. The summed E-state index contributed by atoms with van der Waals surface area (Å²) in [5, 5.41) is 3.09. The molecule has 0 heterocycles. The highest BCUT2D eigenvalue weighted by Gasteiger charge is 2.43. The van der Waals surface area contributed by atoms with Gasteiger partial charge in [0.1, 0.15) is 0 Å². The van der Waals surface area contributed by atoms with Crippen molar-refractivity contribution in [2.24, 2.45) is 11.1 Å². The van der Waals surface area contributed by atoms with Crippen LogP contribution in [0.4, 0.5) is 0 Å². The predicted octanol–water partition coefficient (Wildman–Crippen LogP) is 1.76. The van der Waals surface area contributed by atoms with Crippen molar-refractivity contribution < 1.29 is 4.79 Å². The monoisotopic (exact) mass is 244 g/mol. The minimum atomic E-state index is -0.353. The molecule has 1 rings (SSSR count). The zero-order valence-corrected chi connectivity index (χ0v) is 11.5. The Kier molecular flexibility index (Phi) is 4.68. The van der Waals surface area contributed by atoms with Crippen molar-refractivity contribution in [1.29, 1.82) is 0 Å². The highest BCUT2D eigenvalue weighted by molar-refractivity contribution is 8.00. The predicted molar refractivity (Wildman–Crippen MR) is 70.6 cm³/mol. The lowest BCUT2D eigenvalue weighted by atomic mass is 9.81. The first-order chi connectivity index (χ1) is 7.58. The van der Waals surface area contributed by atoms with Crippen molar-refractivity contribution in [2.45, 2.75) is 44.3 Å². The Morgan fingerprint density at radius 3 is 2.31 bits per heavy atom. The molecule has 0 spiro atoms. The van der Waals surface area contributed by atoms with E-state index in [4.69, 9.17) is 5.73 Å². The molecule has 1 aliphatic carbocycles. The number of nitrogens with two attached hydrogens (primary N) is 1. The summed E-state index contributed by atoms with van der Waals surface area (Å²) >= 11 is 1.87. The summed E-state index contributed by atoms with van der Waals surface area (Å²) in [4.78, 5) is 12.1. The summed E-state index contributed by atoms with van der Waals surface area (Å²) in [6.45, 7) is 5.32. The number of rotatable bonds is 7. The van der Waals surface area contributed by atoms with E-state index in [1.165, 1.54) is 12.8 Å². The molecule has 0 aliphatic heterocycles. The molecule has 94 valence electrons. The number of carbonyl (C=O) groups is 1. The van der Waals surface area contributed by atoms with Crippen molar-refractivity contribution in [2.75, 3.05) is 19.3 Å². The maximum atomic E-state index is 12.1. The Hall–Kier alpha value is -0.220. The van der Waals surface area contributed by atoms with Gasteiger partial charge in [-0.25, -0.2) is 0 Å². The van der Waals surface area contributed by atoms with Crippen LogP contribution in [0.3, 0.4) is 0 Å². The van der Waals surface area contributed by atoms with Crippen molar-refractivity contribution >= 4 is 17.7 Å². The van der Waals surface area contributed by atoms with E-state index in [9.17, 15) is 4.79 Å². The van der Waals surface area contributed by atoms with Crippen LogP contribution in [0.2, 0.25) is 0 Å². The van der Waals surface area contributed by atoms with Crippen LogP contribution < -0.4 is 11.1 Å². The van der Waals surface area contributed by atoms with Gasteiger partial charge in [-0.3, -0.25) is 4.79 Å². The quantitative estimate of drug-likeness (QED) is 0.717. The van der Waals surface area contributed by atoms with Gasteiger partial charge in [0.2, 0.25) is 5.91 Å². The minimum absolute atomic E-state index is 0.139. The van der Waals surface area contributed by atoms with Gasteiger partial charge in [0.05, 0.1) is 5.41 Å². The second kappa shape index (κ2) is 5.41. The lowest BCUT2D eigenvalue weighted by molar-refractivity contribution is -0.131. The van der Waals surface area contributed by atoms with Crippen molar-refractivity contribution in [3.8, 4) is 0 Å². The average molecular weight is 244 g/mol. The molecule has 1 aliphatic rings. The van der Waals surface area contributed by atoms with Gasteiger partial charge in [0, 0.05) is 17.8 Å². The van der Waals surface area contributed by atoms with Gasteiger partial charge in [-0.15, -0.1) is 0 Å². The van der Waals surface area contributed by atoms with E-state index in [0.717, 1.165) is 19.4 Å². The van der Waals surface area contributed by atoms with Crippen LogP contribution in [-0.2, 0) is 4.79 Å². The first kappa shape index (κ1) is 13.8. The molecule has 0 radical (unpaired) electrons. The van der Waals surface area contributed by atoms with Crippen LogP contribution >= 0.6 is 11.8 Å². The first-order valence-electron chi connectivity index (χ1n) is 6.11. The standard InChI is InChI=1S/C12H24N2OS/c1-4-11(5-2,8-13)10(15)14-9-12(16-3)6-7-12/h4-9,13H2,1-3H3,(H,14,15). The summed E-state index contributed by atoms with van der Waals surface area (Å²) in [6.07, 6.45) is 6.20. The fourth-order valence-corrected chi connectivity index (χ4v) is 2.70. The molecule has 0 bridgehead atoms. The number of nitrogens with one attached hydrogen (secondary N) is 1. The third kappa shape index (κ3) is 2.72. The van der Waals surface area contributed by atoms with Gasteiger partial charge >= 0.3 is 0 Å². The highest BCUT2D eigenvalue weighted by Crippen LogP contribution is 2.46. The third-order valence-corrected chi connectivity index (χ3v) is 5.46. The van der Waals surface area contributed by atoms with Crippen molar-refractivity contribution in [1.82, 2.24) is 5.32 Å². The lowest BCUT2D eigenvalue weighted by Crippen LogP contribution is -2.47. The number of carbonyl (C=O) groups excluding carboxylic acids is 1. The van der Waals surface area contributed by atoms with Crippen LogP contribution in [0.15, 0.2) is 0 Å². The third-order valence-electron chi connectivity index (χ3n) is 4.04. The first-order valence-corrected chi connectivity index (χ1v) is 7.34. The van der Waals surface area contributed by atoms with Crippen LogP contribution in [0.25, 0.3) is 0 Å². The largest absolute Gasteiger partial charge is 0.354 e. The molecule has 16 heavy (non-hydrogen) atoms. The molecule has 0 atom stereocenters. The molecule has 0 aromatic rings. The minimum Gasteiger partial charge on any atom is -0.354 e. The van der Waals surface area contributed by atoms with Crippen LogP contribution in [0.5, 0.6) is 0 Å². The fraction of sp³-hybridized carbons (Fsp3) is 0.917. The zero-order valence-electron chi connectivity index (χ0n) is 10.6. The summed E-state index contributed by atoms with van der Waals surface area (Å²) in [5.74, 6) is 0.139. The maximum Gasteiger partial charge on any atom is 0.227 e. The number of hydrogen-bond donors (Lipinski definition) is 2. The Morgan fingerprint density at radius 2 is 2.00 bits per heavy atom. The van der Waals surface area contributed by atoms with Crippen molar-refractivity contribution in [3.63, 3.8) is 0 Å². The van der Waals surface area contributed by atoms with Gasteiger partial charge < -0.3 is 11.1 Å². The summed E-state index contributed by atoms with van der Waals surface area (Å²) in [6, 6.07) is 0. The molecule has 3 nitrogen and oxygen atoms in total. The molecular weight excluding hydrogens is 220 g/mol. The van der Waals surface area contributed by atoms with Gasteiger partial charge in [0.15, 0.2) is 0 Å². The second-order valence-electron chi connectivity index (χ2n) is 4.76. The van der Waals surface area contributed by atoms with E-state index in [-0.39, 0.29) is 11.3 Å². The molecular formula is C12H24N2OS. The Balaban J connectivity index is 2.50. The number of thioether (sulfide) groups is 1. The smallest absolute Gasteiger partial charge is 0.227 e. The lowest BCUT2D eigenvalue weighted by Gasteiger charge is -2.29. The summed E-state index contributed by atoms with van der Waals surface area (Å²) in [7, 11) is 0. The van der Waals surface area contributed by atoms with Crippen molar-refractivity contribution in [3.05, 3.63) is 0 Å². The Labute approximate surface area is 103 Å². The maximum absolute atomic E-state index is 12.1.